The van der Waals surface area contributed by atoms with Crippen molar-refractivity contribution in [3.63, 3.8) is 0 Å². The van der Waals surface area contributed by atoms with Gasteiger partial charge in [0.25, 0.3) is 0 Å². The molecule has 0 bridgehead atoms. The van der Waals surface area contributed by atoms with E-state index < -0.39 is 0 Å². The average Bonchev–Trinajstić information content (AvgIpc) is 2.40. The van der Waals surface area contributed by atoms with Crippen molar-refractivity contribution < 1.29 is 0 Å². The monoisotopic (exact) mass is 240 g/mol. The molecule has 0 saturated heterocycles. The Morgan fingerprint density at radius 1 is 1.00 bits per heavy atom. The van der Waals surface area contributed by atoms with Crippen molar-refractivity contribution in [2.75, 3.05) is 0 Å². The van der Waals surface area contributed by atoms with Crippen LogP contribution < -0.4 is 0 Å². The molecule has 2 aromatic rings. The zero-order chi connectivity index (χ0) is 13.2. The second kappa shape index (κ2) is 4.89. The van der Waals surface area contributed by atoms with Gasteiger partial charge in [0, 0.05) is 24.0 Å². The lowest BCUT2D eigenvalue weighted by molar-refractivity contribution is 0.614. The lowest BCUT2D eigenvalue weighted by Crippen LogP contribution is -2.20. The predicted octanol–water partition coefficient (Wildman–Crippen LogP) is 3.93. The van der Waals surface area contributed by atoms with E-state index in [1.807, 2.05) is 18.6 Å². The highest BCUT2D eigenvalue weighted by molar-refractivity contribution is 5.33. The molecule has 0 atom stereocenters. The van der Waals surface area contributed by atoms with Gasteiger partial charge in [-0.25, -0.2) is 0 Å². The summed E-state index contributed by atoms with van der Waals surface area (Å²) in [5.74, 6) is 0.524. The largest absolute Gasteiger partial charge is 0.265 e. The molecule has 2 aromatic heterocycles. The number of aromatic nitrogens is 2. The van der Waals surface area contributed by atoms with Gasteiger partial charge in [-0.05, 0) is 35.2 Å². The molecule has 2 rings (SSSR count). The first-order valence-electron chi connectivity index (χ1n) is 6.38. The minimum absolute atomic E-state index is 0.0849. The normalized spacial score (nSPS) is 11.8. The second-order valence-electron chi connectivity index (χ2n) is 5.49. The molecule has 94 valence electrons. The maximum Gasteiger partial charge on any atom is 0.0503 e. The quantitative estimate of drug-likeness (QED) is 0.812. The van der Waals surface area contributed by atoms with Crippen molar-refractivity contribution in [2.24, 2.45) is 0 Å². The molecule has 0 spiro atoms. The van der Waals surface area contributed by atoms with Crippen LogP contribution in [0.3, 0.4) is 0 Å². The number of nitrogens with zero attached hydrogens (tertiary/aromatic N) is 2. The molecule has 0 unspecified atom stereocenters. The Balaban J connectivity index is 2.36. The minimum Gasteiger partial charge on any atom is -0.265 e. The SMILES string of the molecule is CC(C)c1ccc(C(C)(C)c2ccncc2)nc1. The van der Waals surface area contributed by atoms with Crippen LogP contribution in [0.15, 0.2) is 42.9 Å². The number of hydrogen-bond donors (Lipinski definition) is 0. The third kappa shape index (κ3) is 2.42. The fourth-order valence-corrected chi connectivity index (χ4v) is 2.03. The standard InChI is InChI=1S/C16H20N2/c1-12(2)13-5-6-15(18-11-13)16(3,4)14-7-9-17-10-8-14/h5-12H,1-4H3. The van der Waals surface area contributed by atoms with E-state index in [1.165, 1.54) is 11.1 Å². The van der Waals surface area contributed by atoms with Crippen LogP contribution in [0.25, 0.3) is 0 Å². The van der Waals surface area contributed by atoms with Crippen LogP contribution in [-0.4, -0.2) is 9.97 Å². The van der Waals surface area contributed by atoms with Gasteiger partial charge in [0.15, 0.2) is 0 Å². The van der Waals surface area contributed by atoms with Gasteiger partial charge < -0.3 is 0 Å². The summed E-state index contributed by atoms with van der Waals surface area (Å²) >= 11 is 0. The average molecular weight is 240 g/mol. The van der Waals surface area contributed by atoms with Crippen LogP contribution in [0.5, 0.6) is 0 Å². The van der Waals surface area contributed by atoms with Gasteiger partial charge in [-0.3, -0.25) is 9.97 Å². The summed E-state index contributed by atoms with van der Waals surface area (Å²) in [5, 5.41) is 0. The highest BCUT2D eigenvalue weighted by atomic mass is 14.7. The van der Waals surface area contributed by atoms with Gasteiger partial charge in [-0.2, -0.15) is 0 Å². The molecule has 18 heavy (non-hydrogen) atoms. The molecule has 0 aliphatic heterocycles. The molecule has 0 aliphatic carbocycles. The summed E-state index contributed by atoms with van der Waals surface area (Å²) in [6.45, 7) is 8.76. The predicted molar refractivity (Wildman–Crippen MR) is 74.7 cm³/mol. The van der Waals surface area contributed by atoms with E-state index in [2.05, 4.69) is 61.9 Å². The first-order chi connectivity index (χ1) is 8.51. The maximum atomic E-state index is 4.63. The molecular formula is C16H20N2. The van der Waals surface area contributed by atoms with E-state index in [0.29, 0.717) is 5.92 Å². The lowest BCUT2D eigenvalue weighted by Gasteiger charge is -2.25. The summed E-state index contributed by atoms with van der Waals surface area (Å²) in [6.07, 6.45) is 5.65. The molecule has 0 aliphatic rings. The molecule has 0 aromatic carbocycles. The highest BCUT2D eigenvalue weighted by Gasteiger charge is 2.24. The Hall–Kier alpha value is -1.70. The Morgan fingerprint density at radius 3 is 2.17 bits per heavy atom. The van der Waals surface area contributed by atoms with Gasteiger partial charge in [-0.15, -0.1) is 0 Å². The van der Waals surface area contributed by atoms with Crippen LogP contribution in [0.2, 0.25) is 0 Å². The van der Waals surface area contributed by atoms with E-state index in [9.17, 15) is 0 Å². The third-order valence-corrected chi connectivity index (χ3v) is 3.50. The van der Waals surface area contributed by atoms with Crippen molar-refractivity contribution >= 4 is 0 Å². The summed E-state index contributed by atoms with van der Waals surface area (Å²) in [5.41, 5.74) is 3.53. The van der Waals surface area contributed by atoms with Crippen molar-refractivity contribution in [3.8, 4) is 0 Å². The smallest absolute Gasteiger partial charge is 0.0503 e. The topological polar surface area (TPSA) is 25.8 Å². The summed E-state index contributed by atoms with van der Waals surface area (Å²) in [4.78, 5) is 8.70. The Kier molecular flexibility index (Phi) is 3.46. The zero-order valence-corrected chi connectivity index (χ0v) is 11.5. The highest BCUT2D eigenvalue weighted by Crippen LogP contribution is 2.30. The maximum absolute atomic E-state index is 4.63. The molecule has 0 fully saturated rings. The Morgan fingerprint density at radius 2 is 1.67 bits per heavy atom. The van der Waals surface area contributed by atoms with Crippen LogP contribution >= 0.6 is 0 Å². The van der Waals surface area contributed by atoms with E-state index in [0.717, 1.165) is 5.69 Å². The van der Waals surface area contributed by atoms with Gasteiger partial charge in [0.05, 0.1) is 5.69 Å². The lowest BCUT2D eigenvalue weighted by atomic mass is 9.81. The first kappa shape index (κ1) is 12.7. The number of pyridine rings is 2. The molecule has 2 heteroatoms. The molecule has 2 nitrogen and oxygen atoms in total. The van der Waals surface area contributed by atoms with E-state index >= 15 is 0 Å². The van der Waals surface area contributed by atoms with Gasteiger partial charge in [0.2, 0.25) is 0 Å². The van der Waals surface area contributed by atoms with Crippen molar-refractivity contribution in [1.29, 1.82) is 0 Å². The van der Waals surface area contributed by atoms with Crippen LogP contribution in [0.1, 0.15) is 50.4 Å². The van der Waals surface area contributed by atoms with Crippen molar-refractivity contribution in [1.82, 2.24) is 9.97 Å². The molecular weight excluding hydrogens is 220 g/mol. The second-order valence-corrected chi connectivity index (χ2v) is 5.49. The molecule has 0 N–H and O–H groups in total. The Labute approximate surface area is 109 Å². The van der Waals surface area contributed by atoms with Crippen LogP contribution in [-0.2, 0) is 5.41 Å². The first-order valence-corrected chi connectivity index (χ1v) is 6.38. The zero-order valence-electron chi connectivity index (χ0n) is 11.5. The van der Waals surface area contributed by atoms with E-state index in [1.54, 1.807) is 0 Å². The van der Waals surface area contributed by atoms with Gasteiger partial charge in [-0.1, -0.05) is 33.8 Å². The number of hydrogen-bond acceptors (Lipinski definition) is 2. The summed E-state index contributed by atoms with van der Waals surface area (Å²) in [6, 6.07) is 8.42. The molecule has 0 radical (unpaired) electrons. The third-order valence-electron chi connectivity index (χ3n) is 3.50. The fraction of sp³-hybridized carbons (Fsp3) is 0.375. The van der Waals surface area contributed by atoms with Gasteiger partial charge >= 0.3 is 0 Å². The van der Waals surface area contributed by atoms with Crippen LogP contribution in [0, 0.1) is 0 Å². The summed E-state index contributed by atoms with van der Waals surface area (Å²) in [7, 11) is 0. The van der Waals surface area contributed by atoms with Crippen molar-refractivity contribution in [3.05, 3.63) is 59.7 Å². The van der Waals surface area contributed by atoms with E-state index in [-0.39, 0.29) is 5.41 Å². The summed E-state index contributed by atoms with van der Waals surface area (Å²) < 4.78 is 0. The molecule has 0 saturated carbocycles. The molecule has 2 heterocycles. The number of rotatable bonds is 3. The minimum atomic E-state index is -0.0849. The van der Waals surface area contributed by atoms with Crippen molar-refractivity contribution in [2.45, 2.75) is 39.0 Å². The van der Waals surface area contributed by atoms with E-state index in [4.69, 9.17) is 0 Å². The Bertz CT molecular complexity index is 498. The fourth-order valence-electron chi connectivity index (χ4n) is 2.03. The molecule has 0 amide bonds. The van der Waals surface area contributed by atoms with Gasteiger partial charge in [0.1, 0.15) is 0 Å². The van der Waals surface area contributed by atoms with Crippen LogP contribution in [0.4, 0.5) is 0 Å².